The number of nitrogens with zero attached hydrogens (tertiary/aromatic N) is 2. The molecule has 25 heavy (non-hydrogen) atoms. The second kappa shape index (κ2) is 8.54. The third-order valence-corrected chi connectivity index (χ3v) is 5.86. The molecule has 2 atom stereocenters. The number of hydrogen-bond acceptors (Lipinski definition) is 4. The van der Waals surface area contributed by atoms with Gasteiger partial charge >= 0.3 is 0 Å². The predicted octanol–water partition coefficient (Wildman–Crippen LogP) is 3.54. The highest BCUT2D eigenvalue weighted by molar-refractivity contribution is 7.99. The molecule has 0 bridgehead atoms. The molecule has 1 saturated heterocycles. The van der Waals surface area contributed by atoms with E-state index in [1.54, 1.807) is 18.0 Å². The minimum Gasteiger partial charge on any atom is -0.329 e. The zero-order chi connectivity index (χ0) is 17.6. The smallest absolute Gasteiger partial charge is 0.224 e. The lowest BCUT2D eigenvalue weighted by molar-refractivity contribution is -0.117. The van der Waals surface area contributed by atoms with Crippen molar-refractivity contribution in [3.05, 3.63) is 36.7 Å². The molecular formula is C19H26N4OS. The standard InChI is InChI=1S/C19H26N4OS/c1-14(15-4-3-9-20-13-15)12-18(24)22-16-5-7-17(8-6-16)25-19-21-10-11-23(19)2/h5-8,10-11,14-15,20H,3-4,9,12-13H2,1-2H3,(H,22,24). The van der Waals surface area contributed by atoms with Crippen LogP contribution >= 0.6 is 11.8 Å². The van der Waals surface area contributed by atoms with E-state index in [4.69, 9.17) is 0 Å². The van der Waals surface area contributed by atoms with Crippen LogP contribution in [0.25, 0.3) is 0 Å². The Hall–Kier alpha value is -1.79. The maximum Gasteiger partial charge on any atom is 0.224 e. The first kappa shape index (κ1) is 18.0. The highest BCUT2D eigenvalue weighted by Gasteiger charge is 2.22. The molecule has 0 saturated carbocycles. The van der Waals surface area contributed by atoms with Crippen LogP contribution in [-0.4, -0.2) is 28.5 Å². The monoisotopic (exact) mass is 358 g/mol. The fourth-order valence-corrected chi connectivity index (χ4v) is 4.00. The summed E-state index contributed by atoms with van der Waals surface area (Å²) < 4.78 is 1.99. The number of piperidine rings is 1. The lowest BCUT2D eigenvalue weighted by atomic mass is 9.85. The van der Waals surface area contributed by atoms with Crippen molar-refractivity contribution in [3.8, 4) is 0 Å². The van der Waals surface area contributed by atoms with E-state index in [2.05, 4.69) is 22.5 Å². The Kier molecular flexibility index (Phi) is 6.15. The summed E-state index contributed by atoms with van der Waals surface area (Å²) in [5.41, 5.74) is 0.850. The lowest BCUT2D eigenvalue weighted by Crippen LogP contribution is -2.34. The Bertz CT molecular complexity index is 692. The van der Waals surface area contributed by atoms with Gasteiger partial charge in [0.15, 0.2) is 5.16 Å². The molecule has 0 spiro atoms. The molecule has 2 heterocycles. The van der Waals surface area contributed by atoms with Gasteiger partial charge in [0, 0.05) is 36.4 Å². The number of anilines is 1. The summed E-state index contributed by atoms with van der Waals surface area (Å²) in [7, 11) is 1.98. The van der Waals surface area contributed by atoms with Crippen molar-refractivity contribution in [2.75, 3.05) is 18.4 Å². The molecule has 1 aliphatic rings. The van der Waals surface area contributed by atoms with Crippen molar-refractivity contribution in [1.82, 2.24) is 14.9 Å². The van der Waals surface area contributed by atoms with Gasteiger partial charge in [-0.25, -0.2) is 4.98 Å². The summed E-state index contributed by atoms with van der Waals surface area (Å²) in [6, 6.07) is 7.94. The molecule has 1 aromatic heterocycles. The summed E-state index contributed by atoms with van der Waals surface area (Å²) in [5, 5.41) is 7.40. The largest absolute Gasteiger partial charge is 0.329 e. The van der Waals surface area contributed by atoms with Crippen molar-refractivity contribution in [3.63, 3.8) is 0 Å². The maximum absolute atomic E-state index is 12.3. The number of nitrogens with one attached hydrogen (secondary N) is 2. The second-order valence-electron chi connectivity index (χ2n) is 6.78. The van der Waals surface area contributed by atoms with Gasteiger partial charge in [-0.3, -0.25) is 4.79 Å². The molecule has 1 fully saturated rings. The molecule has 1 aliphatic heterocycles. The van der Waals surface area contributed by atoms with Crippen LogP contribution in [-0.2, 0) is 11.8 Å². The number of carbonyl (C=O) groups excluding carboxylic acids is 1. The highest BCUT2D eigenvalue weighted by atomic mass is 32.2. The van der Waals surface area contributed by atoms with Crippen LogP contribution in [0.15, 0.2) is 46.7 Å². The van der Waals surface area contributed by atoms with Gasteiger partial charge in [0.25, 0.3) is 0 Å². The summed E-state index contributed by atoms with van der Waals surface area (Å²) in [6.45, 7) is 4.33. The van der Waals surface area contributed by atoms with E-state index in [9.17, 15) is 4.79 Å². The van der Waals surface area contributed by atoms with Crippen LogP contribution in [0.3, 0.4) is 0 Å². The van der Waals surface area contributed by atoms with Gasteiger partial charge in [-0.05, 0) is 62.0 Å². The van der Waals surface area contributed by atoms with Crippen LogP contribution in [0.2, 0.25) is 0 Å². The SMILES string of the molecule is CC(CC(=O)Nc1ccc(Sc2nccn2C)cc1)C1CCCNC1. The van der Waals surface area contributed by atoms with Crippen LogP contribution < -0.4 is 10.6 Å². The van der Waals surface area contributed by atoms with Crippen molar-refractivity contribution in [2.45, 2.75) is 36.2 Å². The van der Waals surface area contributed by atoms with Crippen molar-refractivity contribution < 1.29 is 4.79 Å². The van der Waals surface area contributed by atoms with Crippen LogP contribution in [0.5, 0.6) is 0 Å². The third kappa shape index (κ3) is 5.09. The number of benzene rings is 1. The Balaban J connectivity index is 1.50. The van der Waals surface area contributed by atoms with Crippen LogP contribution in [0.1, 0.15) is 26.2 Å². The summed E-state index contributed by atoms with van der Waals surface area (Å²) >= 11 is 1.61. The van der Waals surface area contributed by atoms with Gasteiger partial charge < -0.3 is 15.2 Å². The van der Waals surface area contributed by atoms with E-state index < -0.39 is 0 Å². The molecule has 134 valence electrons. The number of hydrogen-bond donors (Lipinski definition) is 2. The van der Waals surface area contributed by atoms with Crippen LogP contribution in [0.4, 0.5) is 5.69 Å². The van der Waals surface area contributed by atoms with Gasteiger partial charge in [0.05, 0.1) is 0 Å². The first-order valence-electron chi connectivity index (χ1n) is 8.87. The molecule has 6 heteroatoms. The molecule has 0 aliphatic carbocycles. The normalized spacial score (nSPS) is 18.7. The molecule has 2 unspecified atom stereocenters. The van der Waals surface area contributed by atoms with Crippen molar-refractivity contribution >= 4 is 23.4 Å². The minimum atomic E-state index is 0.0996. The van der Waals surface area contributed by atoms with Gasteiger partial charge in [-0.2, -0.15) is 0 Å². The van der Waals surface area contributed by atoms with Crippen LogP contribution in [0, 0.1) is 11.8 Å². The van der Waals surface area contributed by atoms with Crippen molar-refractivity contribution in [2.24, 2.45) is 18.9 Å². The number of rotatable bonds is 6. The lowest BCUT2D eigenvalue weighted by Gasteiger charge is -2.28. The molecule has 0 radical (unpaired) electrons. The molecule has 2 N–H and O–H groups in total. The van der Waals surface area contributed by atoms with E-state index in [1.807, 2.05) is 42.1 Å². The van der Waals surface area contributed by atoms with E-state index in [0.29, 0.717) is 18.3 Å². The number of aryl methyl sites for hydroxylation is 1. The molecule has 1 aromatic carbocycles. The Morgan fingerprint density at radius 3 is 2.88 bits per heavy atom. The number of aromatic nitrogens is 2. The Labute approximate surface area is 153 Å². The molecule has 5 nitrogen and oxygen atoms in total. The molecule has 2 aromatic rings. The summed E-state index contributed by atoms with van der Waals surface area (Å²) in [6.07, 6.45) is 6.74. The zero-order valence-electron chi connectivity index (χ0n) is 14.9. The quantitative estimate of drug-likeness (QED) is 0.829. The van der Waals surface area contributed by atoms with Crippen molar-refractivity contribution in [1.29, 1.82) is 0 Å². The zero-order valence-corrected chi connectivity index (χ0v) is 15.7. The fraction of sp³-hybridized carbons (Fsp3) is 0.474. The van der Waals surface area contributed by atoms with Gasteiger partial charge in [-0.15, -0.1) is 0 Å². The fourth-order valence-electron chi connectivity index (χ4n) is 3.20. The maximum atomic E-state index is 12.3. The topological polar surface area (TPSA) is 59.0 Å². The number of amides is 1. The second-order valence-corrected chi connectivity index (χ2v) is 7.82. The summed E-state index contributed by atoms with van der Waals surface area (Å²) in [5.74, 6) is 1.12. The predicted molar refractivity (Wildman–Crippen MR) is 102 cm³/mol. The first-order chi connectivity index (χ1) is 12.1. The van der Waals surface area contributed by atoms with E-state index >= 15 is 0 Å². The average Bonchev–Trinajstić information content (AvgIpc) is 3.02. The summed E-state index contributed by atoms with van der Waals surface area (Å²) in [4.78, 5) is 17.7. The molecular weight excluding hydrogens is 332 g/mol. The molecule has 1 amide bonds. The highest BCUT2D eigenvalue weighted by Crippen LogP contribution is 2.27. The average molecular weight is 359 g/mol. The van der Waals surface area contributed by atoms with E-state index in [0.717, 1.165) is 28.8 Å². The first-order valence-corrected chi connectivity index (χ1v) is 9.69. The van der Waals surface area contributed by atoms with E-state index in [1.165, 1.54) is 12.8 Å². The number of imidazole rings is 1. The minimum absolute atomic E-state index is 0.0996. The Morgan fingerprint density at radius 1 is 1.44 bits per heavy atom. The molecule has 3 rings (SSSR count). The third-order valence-electron chi connectivity index (χ3n) is 4.77. The van der Waals surface area contributed by atoms with Gasteiger partial charge in [0.2, 0.25) is 5.91 Å². The Morgan fingerprint density at radius 2 is 2.24 bits per heavy atom. The van der Waals surface area contributed by atoms with Gasteiger partial charge in [-0.1, -0.05) is 18.7 Å². The number of carbonyl (C=O) groups is 1. The van der Waals surface area contributed by atoms with E-state index in [-0.39, 0.29) is 5.91 Å². The van der Waals surface area contributed by atoms with Gasteiger partial charge in [0.1, 0.15) is 0 Å².